The Labute approximate surface area is 98.6 Å². The van der Waals surface area contributed by atoms with Gasteiger partial charge in [0.25, 0.3) is 0 Å². The van der Waals surface area contributed by atoms with Crippen molar-refractivity contribution < 1.29 is 22.3 Å². The van der Waals surface area contributed by atoms with E-state index in [0.29, 0.717) is 0 Å². The molecule has 8 heteroatoms. The van der Waals surface area contributed by atoms with Gasteiger partial charge >= 0.3 is 12.3 Å². The molecular weight excluding hydrogens is 264 g/mol. The summed E-state index contributed by atoms with van der Waals surface area (Å²) in [5, 5.41) is 8.39. The molecule has 0 aliphatic carbocycles. The number of ether oxygens (including phenoxy) is 1. The molecule has 0 radical (unpaired) electrons. The molecular formula is C9H5ClF4N2O. The van der Waals surface area contributed by atoms with E-state index in [0.717, 1.165) is 6.07 Å². The maximum absolute atomic E-state index is 12.5. The molecule has 0 bridgehead atoms. The zero-order valence-corrected chi connectivity index (χ0v) is 8.89. The third kappa shape index (κ3) is 3.75. The highest BCUT2D eigenvalue weighted by Crippen LogP contribution is 2.24. The Hall–Kier alpha value is -1.55. The Morgan fingerprint density at radius 3 is 2.65 bits per heavy atom. The van der Waals surface area contributed by atoms with Crippen LogP contribution < -0.4 is 4.74 Å². The predicted molar refractivity (Wildman–Crippen MR) is 50.4 cm³/mol. The Morgan fingerprint density at radius 2 is 2.12 bits per heavy atom. The summed E-state index contributed by atoms with van der Waals surface area (Å²) < 4.78 is 53.0. The number of rotatable bonds is 4. The van der Waals surface area contributed by atoms with Crippen molar-refractivity contribution in [3.8, 4) is 11.9 Å². The van der Waals surface area contributed by atoms with E-state index in [2.05, 4.69) is 9.72 Å². The van der Waals surface area contributed by atoms with Gasteiger partial charge in [-0.15, -0.1) is 0 Å². The molecule has 0 unspecified atom stereocenters. The lowest BCUT2D eigenvalue weighted by Crippen LogP contribution is -2.33. The Balaban J connectivity index is 2.77. The van der Waals surface area contributed by atoms with Crippen molar-refractivity contribution in [2.75, 3.05) is 6.61 Å². The van der Waals surface area contributed by atoms with Crippen molar-refractivity contribution in [1.29, 1.82) is 5.26 Å². The van der Waals surface area contributed by atoms with Crippen LogP contribution in [0.4, 0.5) is 17.6 Å². The first-order chi connectivity index (χ1) is 7.85. The lowest BCUT2D eigenvalue weighted by atomic mass is 10.3. The van der Waals surface area contributed by atoms with E-state index in [1.54, 1.807) is 6.07 Å². The summed E-state index contributed by atoms with van der Waals surface area (Å²) in [6.07, 6.45) is -3.84. The highest BCUT2D eigenvalue weighted by Gasteiger charge is 2.41. The van der Waals surface area contributed by atoms with Crippen molar-refractivity contribution in [1.82, 2.24) is 4.98 Å². The van der Waals surface area contributed by atoms with Crippen LogP contribution in [0.3, 0.4) is 0 Å². The molecule has 1 rings (SSSR count). The molecule has 1 aromatic rings. The van der Waals surface area contributed by atoms with E-state index < -0.39 is 24.8 Å². The fourth-order valence-corrected chi connectivity index (χ4v) is 1.05. The molecule has 3 nitrogen and oxygen atoms in total. The first-order valence-corrected chi connectivity index (χ1v) is 4.59. The van der Waals surface area contributed by atoms with Crippen molar-refractivity contribution in [2.24, 2.45) is 0 Å². The van der Waals surface area contributed by atoms with Crippen LogP contribution in [0.5, 0.6) is 5.88 Å². The van der Waals surface area contributed by atoms with Crippen molar-refractivity contribution >= 4 is 11.6 Å². The van der Waals surface area contributed by atoms with Crippen molar-refractivity contribution in [3.63, 3.8) is 0 Å². The Morgan fingerprint density at radius 1 is 1.47 bits per heavy atom. The van der Waals surface area contributed by atoms with E-state index in [1.165, 1.54) is 6.07 Å². The van der Waals surface area contributed by atoms with Gasteiger partial charge in [0, 0.05) is 6.07 Å². The topological polar surface area (TPSA) is 45.9 Å². The monoisotopic (exact) mass is 268 g/mol. The molecule has 0 aliphatic rings. The summed E-state index contributed by atoms with van der Waals surface area (Å²) in [6.45, 7) is -1.54. The number of alkyl halides is 4. The maximum Gasteiger partial charge on any atom is 0.340 e. The number of pyridine rings is 1. The Bertz CT molecular complexity index is 447. The van der Waals surface area contributed by atoms with Gasteiger partial charge < -0.3 is 4.74 Å². The number of hydrogen-bond acceptors (Lipinski definition) is 3. The molecule has 1 aromatic heterocycles. The van der Waals surface area contributed by atoms with Crippen LogP contribution in [0.25, 0.3) is 0 Å². The molecule has 0 saturated carbocycles. The van der Waals surface area contributed by atoms with E-state index >= 15 is 0 Å². The second-order valence-electron chi connectivity index (χ2n) is 2.98. The molecule has 0 spiro atoms. The zero-order valence-electron chi connectivity index (χ0n) is 8.13. The average molecular weight is 269 g/mol. The van der Waals surface area contributed by atoms with Crippen LogP contribution in [0.1, 0.15) is 5.56 Å². The molecule has 0 amide bonds. The van der Waals surface area contributed by atoms with E-state index in [-0.39, 0.29) is 10.7 Å². The number of nitrogens with zero attached hydrogens (tertiary/aromatic N) is 2. The summed E-state index contributed by atoms with van der Waals surface area (Å²) in [5.74, 6) is -4.69. The van der Waals surface area contributed by atoms with Gasteiger partial charge in [0.15, 0.2) is 6.61 Å². The normalized spacial score (nSPS) is 11.4. The number of hydrogen-bond donors (Lipinski definition) is 0. The standard InChI is InChI=1S/C9H5ClF4N2O/c10-6-1-5(3-15)2-7(16-6)17-4-9(13,14)8(11)12/h1-2,8H,4H2. The summed E-state index contributed by atoms with van der Waals surface area (Å²) in [6, 6.07) is 3.89. The molecule has 92 valence electrons. The van der Waals surface area contributed by atoms with Crippen LogP contribution in [-0.2, 0) is 0 Å². The molecule has 1 heterocycles. The van der Waals surface area contributed by atoms with Gasteiger partial charge in [-0.05, 0) is 6.07 Å². The highest BCUT2D eigenvalue weighted by atomic mass is 35.5. The lowest BCUT2D eigenvalue weighted by Gasteiger charge is -2.15. The summed E-state index contributed by atoms with van der Waals surface area (Å²) >= 11 is 5.46. The molecule has 0 aliphatic heterocycles. The highest BCUT2D eigenvalue weighted by molar-refractivity contribution is 6.29. The third-order valence-corrected chi connectivity index (χ3v) is 1.83. The van der Waals surface area contributed by atoms with E-state index in [1.807, 2.05) is 0 Å². The lowest BCUT2D eigenvalue weighted by molar-refractivity contribution is -0.148. The van der Waals surface area contributed by atoms with Gasteiger partial charge in [-0.1, -0.05) is 11.6 Å². The van der Waals surface area contributed by atoms with Crippen LogP contribution in [0, 0.1) is 11.3 Å². The average Bonchev–Trinajstić information content (AvgIpc) is 2.25. The first kappa shape index (κ1) is 13.5. The first-order valence-electron chi connectivity index (χ1n) is 4.21. The fraction of sp³-hybridized carbons (Fsp3) is 0.333. The van der Waals surface area contributed by atoms with Gasteiger partial charge in [0.1, 0.15) is 5.15 Å². The van der Waals surface area contributed by atoms with Crippen LogP contribution in [0.2, 0.25) is 5.15 Å². The quantitative estimate of drug-likeness (QED) is 0.623. The summed E-state index contributed by atoms with van der Waals surface area (Å²) in [5.41, 5.74) is 0.0281. The number of nitriles is 1. The van der Waals surface area contributed by atoms with Crippen LogP contribution in [0.15, 0.2) is 12.1 Å². The van der Waals surface area contributed by atoms with Crippen LogP contribution >= 0.6 is 11.6 Å². The SMILES string of the molecule is N#Cc1cc(Cl)nc(OCC(F)(F)C(F)F)c1. The van der Waals surface area contributed by atoms with Gasteiger partial charge in [-0.2, -0.15) is 14.0 Å². The second kappa shape index (κ2) is 5.19. The largest absolute Gasteiger partial charge is 0.471 e. The molecule has 0 aromatic carbocycles. The number of halogens is 5. The summed E-state index contributed by atoms with van der Waals surface area (Å²) in [4.78, 5) is 3.46. The molecule has 0 atom stereocenters. The minimum absolute atomic E-state index is 0.0281. The zero-order chi connectivity index (χ0) is 13.1. The fourth-order valence-electron chi connectivity index (χ4n) is 0.844. The van der Waals surface area contributed by atoms with E-state index in [9.17, 15) is 17.6 Å². The smallest absolute Gasteiger partial charge is 0.340 e. The van der Waals surface area contributed by atoms with Gasteiger partial charge in [0.2, 0.25) is 5.88 Å². The van der Waals surface area contributed by atoms with Gasteiger partial charge in [-0.3, -0.25) is 0 Å². The van der Waals surface area contributed by atoms with Gasteiger partial charge in [-0.25, -0.2) is 13.8 Å². The van der Waals surface area contributed by atoms with Crippen molar-refractivity contribution in [2.45, 2.75) is 12.3 Å². The maximum atomic E-state index is 12.5. The van der Waals surface area contributed by atoms with Crippen molar-refractivity contribution in [3.05, 3.63) is 22.8 Å². The third-order valence-electron chi connectivity index (χ3n) is 1.63. The Kier molecular flexibility index (Phi) is 4.12. The molecule has 17 heavy (non-hydrogen) atoms. The number of aromatic nitrogens is 1. The molecule has 0 N–H and O–H groups in total. The molecule has 0 saturated heterocycles. The summed E-state index contributed by atoms with van der Waals surface area (Å²) in [7, 11) is 0. The second-order valence-corrected chi connectivity index (χ2v) is 3.37. The van der Waals surface area contributed by atoms with Gasteiger partial charge in [0.05, 0.1) is 11.6 Å². The minimum Gasteiger partial charge on any atom is -0.471 e. The van der Waals surface area contributed by atoms with E-state index in [4.69, 9.17) is 16.9 Å². The molecule has 0 fully saturated rings. The van der Waals surface area contributed by atoms with Crippen LogP contribution in [-0.4, -0.2) is 23.9 Å². The predicted octanol–water partition coefficient (Wildman–Crippen LogP) is 2.89. The minimum atomic E-state index is -4.28.